The van der Waals surface area contributed by atoms with Crippen LogP contribution in [-0.2, 0) is 11.8 Å². The third-order valence-electron chi connectivity index (χ3n) is 3.43. The van der Waals surface area contributed by atoms with Gasteiger partial charge in [0.25, 0.3) is 5.91 Å². The van der Waals surface area contributed by atoms with Crippen molar-refractivity contribution >= 4 is 23.0 Å². The van der Waals surface area contributed by atoms with Gasteiger partial charge >= 0.3 is 0 Å². The first kappa shape index (κ1) is 14.8. The summed E-state index contributed by atoms with van der Waals surface area (Å²) in [7, 11) is 1.98. The van der Waals surface area contributed by atoms with Gasteiger partial charge < -0.3 is 9.30 Å². The molecule has 0 atom stereocenters. The molecule has 2 aromatic carbocycles. The second kappa shape index (κ2) is 6.79. The zero-order valence-corrected chi connectivity index (χ0v) is 12.8. The van der Waals surface area contributed by atoms with Crippen molar-refractivity contribution in [3.63, 3.8) is 0 Å². The molecule has 1 amide bonds. The first-order valence-corrected chi connectivity index (χ1v) is 7.28. The molecule has 0 bridgehead atoms. The molecule has 0 aliphatic heterocycles. The molecule has 1 heterocycles. The van der Waals surface area contributed by atoms with E-state index in [0.717, 1.165) is 16.5 Å². The van der Waals surface area contributed by atoms with Crippen molar-refractivity contribution in [3.05, 3.63) is 66.4 Å². The minimum Gasteiger partial charge on any atom is -0.484 e. The Hall–Kier alpha value is -3.08. The summed E-state index contributed by atoms with van der Waals surface area (Å²) in [6.45, 7) is -0.0725. The van der Waals surface area contributed by atoms with Crippen LogP contribution in [0.1, 0.15) is 5.56 Å². The molecular weight excluding hydrogens is 290 g/mol. The number of aromatic nitrogens is 1. The van der Waals surface area contributed by atoms with E-state index in [1.165, 1.54) is 0 Å². The number of hydrazone groups is 1. The Bertz CT molecular complexity index is 838. The Morgan fingerprint density at radius 1 is 1.17 bits per heavy atom. The van der Waals surface area contributed by atoms with E-state index < -0.39 is 0 Å². The van der Waals surface area contributed by atoms with Crippen molar-refractivity contribution in [1.29, 1.82) is 0 Å². The molecule has 1 N–H and O–H groups in total. The van der Waals surface area contributed by atoms with E-state index in [2.05, 4.69) is 10.5 Å². The van der Waals surface area contributed by atoms with Crippen molar-refractivity contribution in [1.82, 2.24) is 9.99 Å². The molecule has 0 fully saturated rings. The standard InChI is InChI=1S/C18H17N3O2/c1-21-12-14(16-9-5-6-10-17(16)21)11-19-20-18(22)13-23-15-7-3-2-4-8-15/h2-12H,13H2,1H3,(H,20,22)/b19-11-. The fourth-order valence-corrected chi connectivity index (χ4v) is 2.35. The quantitative estimate of drug-likeness (QED) is 0.582. The second-order valence-corrected chi connectivity index (χ2v) is 5.11. The van der Waals surface area contributed by atoms with E-state index in [9.17, 15) is 4.79 Å². The highest BCUT2D eigenvalue weighted by Gasteiger charge is 2.04. The molecule has 5 nitrogen and oxygen atoms in total. The first-order valence-electron chi connectivity index (χ1n) is 7.28. The minimum absolute atomic E-state index is 0.0725. The summed E-state index contributed by atoms with van der Waals surface area (Å²) in [5.74, 6) is 0.353. The molecule has 0 radical (unpaired) electrons. The van der Waals surface area contributed by atoms with Crippen LogP contribution in [0.25, 0.3) is 10.9 Å². The number of fused-ring (bicyclic) bond motifs is 1. The van der Waals surface area contributed by atoms with Crippen LogP contribution >= 0.6 is 0 Å². The largest absolute Gasteiger partial charge is 0.484 e. The van der Waals surface area contributed by atoms with Gasteiger partial charge in [0.05, 0.1) is 6.21 Å². The summed E-state index contributed by atoms with van der Waals surface area (Å²) in [5.41, 5.74) is 4.54. The van der Waals surface area contributed by atoms with Gasteiger partial charge in [-0.15, -0.1) is 0 Å². The molecule has 0 aliphatic rings. The van der Waals surface area contributed by atoms with Crippen LogP contribution in [0.4, 0.5) is 0 Å². The Balaban J connectivity index is 1.59. The van der Waals surface area contributed by atoms with Crippen LogP contribution in [0, 0.1) is 0 Å². The Morgan fingerprint density at radius 3 is 2.74 bits per heavy atom. The molecule has 0 saturated heterocycles. The van der Waals surface area contributed by atoms with Gasteiger partial charge in [-0.1, -0.05) is 36.4 Å². The van der Waals surface area contributed by atoms with E-state index in [1.54, 1.807) is 18.3 Å². The lowest BCUT2D eigenvalue weighted by atomic mass is 10.2. The van der Waals surface area contributed by atoms with E-state index >= 15 is 0 Å². The third-order valence-corrected chi connectivity index (χ3v) is 3.43. The van der Waals surface area contributed by atoms with Gasteiger partial charge in [-0.2, -0.15) is 5.10 Å². The third kappa shape index (κ3) is 3.58. The SMILES string of the molecule is Cn1cc(/C=N\NC(=O)COc2ccccc2)c2ccccc21. The second-order valence-electron chi connectivity index (χ2n) is 5.11. The number of para-hydroxylation sites is 2. The minimum atomic E-state index is -0.301. The highest BCUT2D eigenvalue weighted by atomic mass is 16.5. The fraction of sp³-hybridized carbons (Fsp3) is 0.111. The lowest BCUT2D eigenvalue weighted by molar-refractivity contribution is -0.123. The molecule has 0 aliphatic carbocycles. The number of ether oxygens (including phenoxy) is 1. The Labute approximate surface area is 134 Å². The number of benzene rings is 2. The maximum atomic E-state index is 11.7. The summed E-state index contributed by atoms with van der Waals surface area (Å²) in [5, 5.41) is 5.09. The molecule has 5 heteroatoms. The van der Waals surface area contributed by atoms with E-state index in [-0.39, 0.29) is 12.5 Å². The lowest BCUT2D eigenvalue weighted by Crippen LogP contribution is -2.24. The zero-order chi connectivity index (χ0) is 16.1. The van der Waals surface area contributed by atoms with Crippen LogP contribution in [-0.4, -0.2) is 23.3 Å². The Morgan fingerprint density at radius 2 is 1.91 bits per heavy atom. The first-order chi connectivity index (χ1) is 11.2. The number of hydrogen-bond acceptors (Lipinski definition) is 3. The monoisotopic (exact) mass is 307 g/mol. The summed E-state index contributed by atoms with van der Waals surface area (Å²) >= 11 is 0. The van der Waals surface area contributed by atoms with E-state index in [4.69, 9.17) is 4.74 Å². The maximum Gasteiger partial charge on any atom is 0.277 e. The molecule has 1 aromatic heterocycles. The van der Waals surface area contributed by atoms with Gasteiger partial charge in [-0.25, -0.2) is 5.43 Å². The van der Waals surface area contributed by atoms with Gasteiger partial charge in [0.2, 0.25) is 0 Å². The smallest absolute Gasteiger partial charge is 0.277 e. The molecule has 3 aromatic rings. The van der Waals surface area contributed by atoms with Crippen molar-refractivity contribution in [3.8, 4) is 5.75 Å². The summed E-state index contributed by atoms with van der Waals surface area (Å²) in [4.78, 5) is 11.7. The summed E-state index contributed by atoms with van der Waals surface area (Å²) in [6, 6.07) is 17.2. The number of nitrogens with zero attached hydrogens (tertiary/aromatic N) is 2. The summed E-state index contributed by atoms with van der Waals surface area (Å²) < 4.78 is 7.38. The molecule has 116 valence electrons. The Kier molecular flexibility index (Phi) is 4.38. The van der Waals surface area contributed by atoms with Crippen molar-refractivity contribution in [2.45, 2.75) is 0 Å². The fourth-order valence-electron chi connectivity index (χ4n) is 2.35. The number of carbonyl (C=O) groups excluding carboxylic acids is 1. The highest BCUT2D eigenvalue weighted by molar-refractivity contribution is 5.99. The van der Waals surface area contributed by atoms with E-state index in [0.29, 0.717) is 5.75 Å². The van der Waals surface area contributed by atoms with Gasteiger partial charge in [0.15, 0.2) is 6.61 Å². The predicted molar refractivity (Wildman–Crippen MR) is 90.6 cm³/mol. The van der Waals surface area contributed by atoms with Crippen LogP contribution in [0.5, 0.6) is 5.75 Å². The zero-order valence-electron chi connectivity index (χ0n) is 12.8. The molecule has 23 heavy (non-hydrogen) atoms. The normalized spacial score (nSPS) is 11.0. The number of nitrogens with one attached hydrogen (secondary N) is 1. The molecule has 0 spiro atoms. The van der Waals surface area contributed by atoms with Crippen molar-refractivity contribution < 1.29 is 9.53 Å². The number of rotatable bonds is 5. The van der Waals surface area contributed by atoms with Gasteiger partial charge in [0.1, 0.15) is 5.75 Å². The average Bonchev–Trinajstić information content (AvgIpc) is 2.91. The molecule has 0 saturated carbocycles. The number of amides is 1. The van der Waals surface area contributed by atoms with Crippen LogP contribution in [0.15, 0.2) is 65.9 Å². The van der Waals surface area contributed by atoms with Crippen LogP contribution in [0.3, 0.4) is 0 Å². The van der Waals surface area contributed by atoms with Crippen LogP contribution in [0.2, 0.25) is 0 Å². The van der Waals surface area contributed by atoms with Gasteiger partial charge in [-0.3, -0.25) is 4.79 Å². The predicted octanol–water partition coefficient (Wildman–Crippen LogP) is 2.71. The maximum absolute atomic E-state index is 11.7. The van der Waals surface area contributed by atoms with Gasteiger partial charge in [-0.05, 0) is 18.2 Å². The number of hydrogen-bond donors (Lipinski definition) is 1. The lowest BCUT2D eigenvalue weighted by Gasteiger charge is -2.03. The number of carbonyl (C=O) groups is 1. The molecule has 3 rings (SSSR count). The highest BCUT2D eigenvalue weighted by Crippen LogP contribution is 2.18. The molecular formula is C18H17N3O2. The topological polar surface area (TPSA) is 55.6 Å². The summed E-state index contributed by atoms with van der Waals surface area (Å²) in [6.07, 6.45) is 3.61. The van der Waals surface area contributed by atoms with Crippen molar-refractivity contribution in [2.24, 2.45) is 12.1 Å². The molecule has 0 unspecified atom stereocenters. The van der Waals surface area contributed by atoms with Crippen molar-refractivity contribution in [2.75, 3.05) is 6.61 Å². The average molecular weight is 307 g/mol. The van der Waals surface area contributed by atoms with E-state index in [1.807, 2.05) is 60.3 Å². The number of aryl methyl sites for hydroxylation is 1. The van der Waals surface area contributed by atoms with Gasteiger partial charge in [0, 0.05) is 29.7 Å². The van der Waals surface area contributed by atoms with Crippen LogP contribution < -0.4 is 10.2 Å².